The van der Waals surface area contributed by atoms with Crippen molar-refractivity contribution in [1.29, 1.82) is 0 Å². The van der Waals surface area contributed by atoms with Gasteiger partial charge < -0.3 is 13.9 Å². The van der Waals surface area contributed by atoms with Crippen LogP contribution < -0.4 is 5.43 Å². The molecule has 0 bridgehead atoms. The van der Waals surface area contributed by atoms with Crippen LogP contribution >= 0.6 is 0 Å². The van der Waals surface area contributed by atoms with Crippen molar-refractivity contribution < 1.29 is 18.7 Å². The number of hydrogen-bond donors (Lipinski definition) is 1. The summed E-state index contributed by atoms with van der Waals surface area (Å²) in [6, 6.07) is 7.79. The van der Waals surface area contributed by atoms with Crippen molar-refractivity contribution in [2.24, 2.45) is 0 Å². The van der Waals surface area contributed by atoms with Crippen LogP contribution in [0.2, 0.25) is 0 Å². The smallest absolute Gasteiger partial charge is 0.339 e. The van der Waals surface area contributed by atoms with E-state index in [1.54, 1.807) is 25.1 Å². The molecular formula is C15H10O5. The van der Waals surface area contributed by atoms with Gasteiger partial charge in [-0.1, -0.05) is 6.07 Å². The molecule has 1 aromatic carbocycles. The fourth-order valence-corrected chi connectivity index (χ4v) is 2.12. The first-order valence-corrected chi connectivity index (χ1v) is 5.93. The highest BCUT2D eigenvalue weighted by atomic mass is 16.4. The van der Waals surface area contributed by atoms with Crippen molar-refractivity contribution in [1.82, 2.24) is 0 Å². The number of aromatic carboxylic acids is 1. The molecule has 20 heavy (non-hydrogen) atoms. The number of fused-ring (bicyclic) bond motifs is 1. The van der Waals surface area contributed by atoms with Crippen molar-refractivity contribution >= 4 is 16.9 Å². The summed E-state index contributed by atoms with van der Waals surface area (Å²) in [7, 11) is 0. The first-order chi connectivity index (χ1) is 9.59. The standard InChI is InChI=1S/C15H10O5/c1-8-12(16)9-4-2-5-10(15(17)18)14(9)20-13(8)11-6-3-7-19-11/h2-7H,1H3,(H,17,18). The Morgan fingerprint density at radius 2 is 2.00 bits per heavy atom. The van der Waals surface area contributed by atoms with Crippen molar-refractivity contribution in [2.45, 2.75) is 6.92 Å². The molecule has 0 aliphatic carbocycles. The maximum Gasteiger partial charge on any atom is 0.339 e. The third-order valence-corrected chi connectivity index (χ3v) is 3.12. The SMILES string of the molecule is Cc1c(-c2ccco2)oc2c(C(=O)O)cccc2c1=O. The van der Waals surface area contributed by atoms with E-state index in [1.807, 2.05) is 0 Å². The average Bonchev–Trinajstić information content (AvgIpc) is 2.96. The van der Waals surface area contributed by atoms with E-state index in [1.165, 1.54) is 18.4 Å². The Labute approximate surface area is 113 Å². The molecule has 0 atom stereocenters. The van der Waals surface area contributed by atoms with Crippen LogP contribution in [0.25, 0.3) is 22.5 Å². The van der Waals surface area contributed by atoms with Crippen LogP contribution in [0.15, 0.2) is 50.2 Å². The van der Waals surface area contributed by atoms with Crippen LogP contribution in [0, 0.1) is 6.92 Å². The molecule has 0 fully saturated rings. The molecule has 2 heterocycles. The molecule has 1 N–H and O–H groups in total. The number of para-hydroxylation sites is 1. The lowest BCUT2D eigenvalue weighted by molar-refractivity contribution is 0.0698. The molecule has 3 aromatic rings. The van der Waals surface area contributed by atoms with Crippen molar-refractivity contribution in [3.05, 3.63) is 57.9 Å². The molecule has 2 aromatic heterocycles. The van der Waals surface area contributed by atoms with E-state index in [2.05, 4.69) is 0 Å². The van der Waals surface area contributed by atoms with Gasteiger partial charge in [0.15, 0.2) is 22.5 Å². The van der Waals surface area contributed by atoms with Gasteiger partial charge in [0.05, 0.1) is 11.6 Å². The second-order valence-corrected chi connectivity index (χ2v) is 4.35. The molecule has 5 nitrogen and oxygen atoms in total. The van der Waals surface area contributed by atoms with Gasteiger partial charge in [-0.3, -0.25) is 4.79 Å². The highest BCUT2D eigenvalue weighted by molar-refractivity contribution is 6.01. The van der Waals surface area contributed by atoms with Crippen LogP contribution in [0.5, 0.6) is 0 Å². The minimum Gasteiger partial charge on any atom is -0.478 e. The van der Waals surface area contributed by atoms with Gasteiger partial charge in [0, 0.05) is 5.56 Å². The van der Waals surface area contributed by atoms with E-state index >= 15 is 0 Å². The van der Waals surface area contributed by atoms with Crippen LogP contribution in [0.4, 0.5) is 0 Å². The lowest BCUT2D eigenvalue weighted by Gasteiger charge is -2.06. The summed E-state index contributed by atoms with van der Waals surface area (Å²) in [5.74, 6) is -0.504. The van der Waals surface area contributed by atoms with Crippen molar-refractivity contribution in [2.75, 3.05) is 0 Å². The normalized spacial score (nSPS) is 10.8. The molecule has 5 heteroatoms. The third kappa shape index (κ3) is 1.72. The molecule has 0 radical (unpaired) electrons. The van der Waals surface area contributed by atoms with E-state index < -0.39 is 5.97 Å². The summed E-state index contributed by atoms with van der Waals surface area (Å²) in [6.45, 7) is 1.62. The topological polar surface area (TPSA) is 80.7 Å². The first-order valence-electron chi connectivity index (χ1n) is 5.93. The Morgan fingerprint density at radius 3 is 2.65 bits per heavy atom. The molecule has 0 saturated heterocycles. The number of carboxylic acids is 1. The quantitative estimate of drug-likeness (QED) is 0.774. The Kier molecular flexibility index (Phi) is 2.68. The summed E-state index contributed by atoms with van der Waals surface area (Å²) in [5, 5.41) is 9.43. The van der Waals surface area contributed by atoms with Crippen LogP contribution in [-0.4, -0.2) is 11.1 Å². The summed E-state index contributed by atoms with van der Waals surface area (Å²) >= 11 is 0. The van der Waals surface area contributed by atoms with Gasteiger partial charge in [-0.25, -0.2) is 4.79 Å². The number of rotatable bonds is 2. The molecule has 0 amide bonds. The van der Waals surface area contributed by atoms with Crippen molar-refractivity contribution in [3.63, 3.8) is 0 Å². The number of benzene rings is 1. The van der Waals surface area contributed by atoms with Gasteiger partial charge in [0.25, 0.3) is 0 Å². The molecule has 3 rings (SSSR count). The zero-order valence-electron chi connectivity index (χ0n) is 10.5. The monoisotopic (exact) mass is 270 g/mol. The first kappa shape index (κ1) is 12.2. The van der Waals surface area contributed by atoms with E-state index in [0.717, 1.165) is 0 Å². The zero-order valence-corrected chi connectivity index (χ0v) is 10.5. The molecule has 0 aliphatic rings. The number of hydrogen-bond acceptors (Lipinski definition) is 4. The van der Waals surface area contributed by atoms with E-state index in [0.29, 0.717) is 11.3 Å². The number of carbonyl (C=O) groups is 1. The van der Waals surface area contributed by atoms with Gasteiger partial charge in [-0.05, 0) is 31.2 Å². The van der Waals surface area contributed by atoms with Crippen LogP contribution in [-0.2, 0) is 0 Å². The Hall–Kier alpha value is -2.82. The fraction of sp³-hybridized carbons (Fsp3) is 0.0667. The van der Waals surface area contributed by atoms with E-state index in [9.17, 15) is 14.7 Å². The Balaban J connectivity index is 2.46. The third-order valence-electron chi connectivity index (χ3n) is 3.12. The predicted octanol–water partition coefficient (Wildman–Crippen LogP) is 3.06. The summed E-state index contributed by atoms with van der Waals surface area (Å²) in [4.78, 5) is 23.5. The molecule has 0 aliphatic heterocycles. The molecular weight excluding hydrogens is 260 g/mol. The Morgan fingerprint density at radius 1 is 1.20 bits per heavy atom. The largest absolute Gasteiger partial charge is 0.478 e. The highest BCUT2D eigenvalue weighted by Gasteiger charge is 2.18. The second kappa shape index (κ2) is 4.38. The van der Waals surface area contributed by atoms with Gasteiger partial charge in [-0.15, -0.1) is 0 Å². The van der Waals surface area contributed by atoms with Crippen LogP contribution in [0.3, 0.4) is 0 Å². The van der Waals surface area contributed by atoms with Gasteiger partial charge in [0.1, 0.15) is 5.56 Å². The number of carboxylic acid groups (broad SMARTS) is 1. The Bertz CT molecular complexity index is 856. The van der Waals surface area contributed by atoms with Gasteiger partial charge in [0.2, 0.25) is 0 Å². The lowest BCUT2D eigenvalue weighted by Crippen LogP contribution is -2.09. The lowest BCUT2D eigenvalue weighted by atomic mass is 10.1. The number of furan rings is 1. The highest BCUT2D eigenvalue weighted by Crippen LogP contribution is 2.27. The maximum atomic E-state index is 12.3. The summed E-state index contributed by atoms with van der Waals surface area (Å²) < 4.78 is 10.9. The van der Waals surface area contributed by atoms with Crippen molar-refractivity contribution in [3.8, 4) is 11.5 Å². The maximum absolute atomic E-state index is 12.3. The van der Waals surface area contributed by atoms with E-state index in [4.69, 9.17) is 8.83 Å². The fourth-order valence-electron chi connectivity index (χ4n) is 2.12. The van der Waals surface area contributed by atoms with Gasteiger partial charge in [-0.2, -0.15) is 0 Å². The average molecular weight is 270 g/mol. The minimum absolute atomic E-state index is 0.0487. The summed E-state index contributed by atoms with van der Waals surface area (Å²) in [5.41, 5.74) is 0.130. The molecule has 0 spiro atoms. The predicted molar refractivity (Wildman–Crippen MR) is 71.9 cm³/mol. The molecule has 100 valence electrons. The van der Waals surface area contributed by atoms with Crippen LogP contribution in [0.1, 0.15) is 15.9 Å². The zero-order chi connectivity index (χ0) is 14.3. The second-order valence-electron chi connectivity index (χ2n) is 4.35. The molecule has 0 unspecified atom stereocenters. The molecule has 0 saturated carbocycles. The van der Waals surface area contributed by atoms with Gasteiger partial charge >= 0.3 is 5.97 Å². The van der Waals surface area contributed by atoms with E-state index in [-0.39, 0.29) is 27.7 Å². The summed E-state index contributed by atoms with van der Waals surface area (Å²) in [6.07, 6.45) is 1.46. The minimum atomic E-state index is -1.15.